The molecule has 1 aromatic rings. The van der Waals surface area contributed by atoms with E-state index < -0.39 is 4.84 Å². The van der Waals surface area contributed by atoms with E-state index in [4.69, 9.17) is 37.2 Å². The number of hydrogen-bond acceptors (Lipinski definition) is 4. The maximum absolute atomic E-state index is 12.3. The number of benzene rings is 1. The van der Waals surface area contributed by atoms with Gasteiger partial charge in [0.05, 0.1) is 24.4 Å². The number of hydrogen-bond donors (Lipinski definition) is 0. The third kappa shape index (κ3) is 3.33. The maximum atomic E-state index is 12.3. The van der Waals surface area contributed by atoms with Crippen LogP contribution in [0.1, 0.15) is 56.5 Å². The summed E-state index contributed by atoms with van der Waals surface area (Å²) < 4.78 is 18.6. The zero-order chi connectivity index (χ0) is 21.1. The van der Waals surface area contributed by atoms with Crippen molar-refractivity contribution in [2.45, 2.75) is 69.3 Å². The molecule has 4 fully saturated rings. The van der Waals surface area contributed by atoms with Gasteiger partial charge >= 0.3 is 7.12 Å². The summed E-state index contributed by atoms with van der Waals surface area (Å²) in [5, 5.41) is 0. The lowest BCUT2D eigenvalue weighted by molar-refractivity contribution is -0.199. The number of alkyl halides is 2. The van der Waals surface area contributed by atoms with Crippen LogP contribution < -0.4 is 4.74 Å². The van der Waals surface area contributed by atoms with Gasteiger partial charge in [-0.3, -0.25) is 4.79 Å². The molecule has 1 aliphatic heterocycles. The summed E-state index contributed by atoms with van der Waals surface area (Å²) in [4.78, 5) is 11.2. The monoisotopic (exact) mass is 438 g/mol. The van der Waals surface area contributed by atoms with Gasteiger partial charge in [-0.1, -0.05) is 56.1 Å². The number of Topliss-reactive ketones (excluding diaryl/α,β-unsaturated/α-hetero) is 1. The van der Waals surface area contributed by atoms with Crippen LogP contribution in [-0.2, 0) is 15.7 Å². The van der Waals surface area contributed by atoms with Crippen molar-refractivity contribution in [1.29, 1.82) is 0 Å². The van der Waals surface area contributed by atoms with E-state index in [1.165, 1.54) is 6.42 Å². The molecule has 1 aromatic carbocycles. The first kappa shape index (κ1) is 21.5. The van der Waals surface area contributed by atoms with E-state index in [1.54, 1.807) is 13.2 Å². The van der Waals surface area contributed by atoms with Crippen LogP contribution in [0.5, 0.6) is 5.75 Å². The smallest absolute Gasteiger partial charge is 0.461 e. The molecule has 158 valence electrons. The molecule has 5 rings (SSSR count). The lowest BCUT2D eigenvalue weighted by Gasteiger charge is -2.64. The molecule has 0 N–H and O–H groups in total. The fourth-order valence-corrected chi connectivity index (χ4v) is 6.12. The summed E-state index contributed by atoms with van der Waals surface area (Å²) in [5.74, 6) is 1.55. The van der Waals surface area contributed by atoms with Gasteiger partial charge in [0.25, 0.3) is 0 Å². The molecular formula is C22H29BCl2O4. The van der Waals surface area contributed by atoms with Gasteiger partial charge in [0.15, 0.2) is 10.6 Å². The third-order valence-corrected chi connectivity index (χ3v) is 8.14. The molecule has 0 radical (unpaired) electrons. The fourth-order valence-electron chi connectivity index (χ4n) is 5.89. The van der Waals surface area contributed by atoms with Gasteiger partial charge in [0.2, 0.25) is 0 Å². The molecule has 0 amide bonds. The highest BCUT2D eigenvalue weighted by Crippen LogP contribution is 2.66. The van der Waals surface area contributed by atoms with Crippen LogP contribution in [-0.4, -0.2) is 36.6 Å². The van der Waals surface area contributed by atoms with E-state index in [9.17, 15) is 4.79 Å². The standard InChI is InChI=1S/C22H29BCl2O4/c1-12(9-13-7-6-8-15(19(13)27-5)18(26)20(24)25)23-28-17-11-14-10-16(21(14,2)3)22(17,4)29-23/h6-8,12,14,16-17,20H,9-11H2,1-5H3/t12-,14+,16+,17-,22+/m1/s1. The molecule has 2 bridgehead atoms. The Kier molecular flexibility index (Phi) is 5.51. The van der Waals surface area contributed by atoms with Crippen molar-refractivity contribution >= 4 is 36.1 Å². The lowest BCUT2D eigenvalue weighted by Crippen LogP contribution is -2.65. The summed E-state index contributed by atoms with van der Waals surface area (Å²) >= 11 is 11.6. The third-order valence-electron chi connectivity index (χ3n) is 7.74. The first-order valence-corrected chi connectivity index (χ1v) is 11.3. The Morgan fingerprint density at radius 1 is 1.31 bits per heavy atom. The Hall–Kier alpha value is -0.745. The zero-order valence-corrected chi connectivity index (χ0v) is 19.2. The number of rotatable bonds is 6. The van der Waals surface area contributed by atoms with Crippen molar-refractivity contribution in [3.8, 4) is 5.75 Å². The molecule has 3 aliphatic carbocycles. The van der Waals surface area contributed by atoms with Crippen molar-refractivity contribution in [3.05, 3.63) is 29.3 Å². The predicted octanol–water partition coefficient (Wildman–Crippen LogP) is 5.34. The van der Waals surface area contributed by atoms with Crippen LogP contribution in [0.2, 0.25) is 5.82 Å². The van der Waals surface area contributed by atoms with Gasteiger partial charge in [-0.2, -0.15) is 0 Å². The largest absolute Gasteiger partial charge is 0.496 e. The van der Waals surface area contributed by atoms with Crippen molar-refractivity contribution in [2.75, 3.05) is 7.11 Å². The van der Waals surface area contributed by atoms with E-state index in [0.29, 0.717) is 29.1 Å². The summed E-state index contributed by atoms with van der Waals surface area (Å²) in [6.45, 7) is 9.08. The molecular weight excluding hydrogens is 410 g/mol. The normalized spacial score (nSPS) is 33.2. The minimum atomic E-state index is -1.11. The Balaban J connectivity index is 1.52. The molecule has 1 saturated heterocycles. The average Bonchev–Trinajstić information content (AvgIpc) is 3.04. The van der Waals surface area contributed by atoms with E-state index in [-0.39, 0.29) is 30.4 Å². The fraction of sp³-hybridized carbons (Fsp3) is 0.682. The number of ether oxygens (including phenoxy) is 1. The number of carbonyl (C=O) groups excluding carboxylic acids is 1. The van der Waals surface area contributed by atoms with Crippen LogP contribution >= 0.6 is 23.2 Å². The predicted molar refractivity (Wildman–Crippen MR) is 116 cm³/mol. The quantitative estimate of drug-likeness (QED) is 0.341. The van der Waals surface area contributed by atoms with Crippen LogP contribution in [0.3, 0.4) is 0 Å². The van der Waals surface area contributed by atoms with Crippen molar-refractivity contribution in [3.63, 3.8) is 0 Å². The molecule has 0 spiro atoms. The Bertz CT molecular complexity index is 814. The number of halogens is 2. The number of methoxy groups -OCH3 is 1. The zero-order valence-electron chi connectivity index (χ0n) is 17.7. The summed E-state index contributed by atoms with van der Waals surface area (Å²) in [6.07, 6.45) is 3.14. The van der Waals surface area contributed by atoms with Gasteiger partial charge in [-0.05, 0) is 60.9 Å². The Labute approximate surface area is 183 Å². The minimum absolute atomic E-state index is 0.111. The van der Waals surface area contributed by atoms with Gasteiger partial charge in [0.1, 0.15) is 5.75 Å². The first-order valence-electron chi connectivity index (χ1n) is 10.4. The highest BCUT2D eigenvalue weighted by atomic mass is 35.5. The Morgan fingerprint density at radius 3 is 2.66 bits per heavy atom. The molecule has 5 atom stereocenters. The lowest BCUT2D eigenvalue weighted by atomic mass is 9.43. The highest BCUT2D eigenvalue weighted by molar-refractivity contribution is 6.55. The second kappa shape index (κ2) is 7.44. The molecule has 7 heteroatoms. The SMILES string of the molecule is COc1c(C[C@@H](C)B2O[C@@H]3C[C@@H]4C[C@@H](C4(C)C)[C@]3(C)O2)cccc1C(=O)C(Cl)Cl. The highest BCUT2D eigenvalue weighted by Gasteiger charge is 2.68. The number of ketones is 1. The number of para-hydroxylation sites is 1. The average molecular weight is 439 g/mol. The maximum Gasteiger partial charge on any atom is 0.461 e. The molecule has 0 aromatic heterocycles. The molecule has 3 saturated carbocycles. The summed E-state index contributed by atoms with van der Waals surface area (Å²) in [7, 11) is 1.30. The first-order chi connectivity index (χ1) is 13.6. The second-order valence-electron chi connectivity index (χ2n) is 9.68. The van der Waals surface area contributed by atoms with Crippen LogP contribution in [0.25, 0.3) is 0 Å². The Morgan fingerprint density at radius 2 is 2.03 bits per heavy atom. The molecule has 4 aliphatic rings. The van der Waals surface area contributed by atoms with E-state index in [1.807, 2.05) is 12.1 Å². The van der Waals surface area contributed by atoms with Gasteiger partial charge in [-0.15, -0.1) is 0 Å². The van der Waals surface area contributed by atoms with E-state index in [2.05, 4.69) is 27.7 Å². The summed E-state index contributed by atoms with van der Waals surface area (Å²) in [5.41, 5.74) is 1.44. The molecule has 29 heavy (non-hydrogen) atoms. The van der Waals surface area contributed by atoms with Crippen LogP contribution in [0.4, 0.5) is 0 Å². The molecule has 0 unspecified atom stereocenters. The van der Waals surface area contributed by atoms with Crippen molar-refractivity contribution in [2.24, 2.45) is 17.3 Å². The molecule has 4 nitrogen and oxygen atoms in total. The minimum Gasteiger partial charge on any atom is -0.496 e. The van der Waals surface area contributed by atoms with Crippen molar-refractivity contribution < 1.29 is 18.8 Å². The van der Waals surface area contributed by atoms with Gasteiger partial charge in [0, 0.05) is 0 Å². The van der Waals surface area contributed by atoms with Gasteiger partial charge in [-0.25, -0.2) is 0 Å². The topological polar surface area (TPSA) is 44.8 Å². The molecule has 1 heterocycles. The summed E-state index contributed by atoms with van der Waals surface area (Å²) in [6, 6.07) is 5.50. The van der Waals surface area contributed by atoms with Crippen molar-refractivity contribution in [1.82, 2.24) is 0 Å². The van der Waals surface area contributed by atoms with Crippen LogP contribution in [0.15, 0.2) is 18.2 Å². The number of carbonyl (C=O) groups is 1. The van der Waals surface area contributed by atoms with Gasteiger partial charge < -0.3 is 14.0 Å². The second-order valence-corrected chi connectivity index (χ2v) is 10.8. The van der Waals surface area contributed by atoms with E-state index >= 15 is 0 Å². The van der Waals surface area contributed by atoms with E-state index in [0.717, 1.165) is 17.9 Å². The van der Waals surface area contributed by atoms with Crippen LogP contribution in [0, 0.1) is 17.3 Å².